The van der Waals surface area contributed by atoms with E-state index in [0.717, 1.165) is 25.7 Å². The first kappa shape index (κ1) is 12.4. The second-order valence-electron chi connectivity index (χ2n) is 4.14. The number of hydrogen-bond donors (Lipinski definition) is 3. The van der Waals surface area contributed by atoms with Gasteiger partial charge in [-0.1, -0.05) is 12.2 Å². The fourth-order valence-electron chi connectivity index (χ4n) is 1.68. The van der Waals surface area contributed by atoms with E-state index in [9.17, 15) is 9.90 Å². The van der Waals surface area contributed by atoms with Crippen LogP contribution in [0.3, 0.4) is 0 Å². The Morgan fingerprint density at radius 1 is 1.47 bits per heavy atom. The summed E-state index contributed by atoms with van der Waals surface area (Å²) in [6, 6.07) is 0.165. The van der Waals surface area contributed by atoms with Crippen molar-refractivity contribution in [2.75, 3.05) is 0 Å². The summed E-state index contributed by atoms with van der Waals surface area (Å²) in [4.78, 5) is 11.8. The van der Waals surface area contributed by atoms with Gasteiger partial charge in [-0.15, -0.1) is 0 Å². The van der Waals surface area contributed by atoms with Crippen LogP contribution in [0.25, 0.3) is 0 Å². The van der Waals surface area contributed by atoms with Crippen LogP contribution in [0.1, 0.15) is 32.6 Å². The molecule has 0 bridgehead atoms. The zero-order valence-corrected chi connectivity index (χ0v) is 9.72. The average molecular weight is 230 g/mol. The zero-order valence-electron chi connectivity index (χ0n) is 8.90. The minimum Gasteiger partial charge on any atom is -0.393 e. The number of carbonyl (C=O) groups is 1. The molecule has 5 heteroatoms. The summed E-state index contributed by atoms with van der Waals surface area (Å²) in [5.41, 5.74) is 5.39. The average Bonchev–Trinajstić information content (AvgIpc) is 2.20. The van der Waals surface area contributed by atoms with Crippen LogP contribution in [-0.2, 0) is 4.79 Å². The third-order valence-corrected chi connectivity index (χ3v) is 3.22. The lowest BCUT2D eigenvalue weighted by atomic mass is 9.93. The third kappa shape index (κ3) is 3.76. The van der Waals surface area contributed by atoms with Crippen LogP contribution in [0.5, 0.6) is 0 Å². The number of aliphatic hydroxyl groups excluding tert-OH is 1. The van der Waals surface area contributed by atoms with Crippen molar-refractivity contribution in [2.24, 2.45) is 11.7 Å². The number of hydrogen-bond acceptors (Lipinski definition) is 3. The Morgan fingerprint density at radius 3 is 2.47 bits per heavy atom. The Kier molecular flexibility index (Phi) is 4.47. The van der Waals surface area contributed by atoms with Crippen LogP contribution in [0.15, 0.2) is 0 Å². The van der Waals surface area contributed by atoms with Gasteiger partial charge in [0.15, 0.2) is 0 Å². The summed E-state index contributed by atoms with van der Waals surface area (Å²) in [5.74, 6) is -0.518. The molecule has 1 saturated carbocycles. The Bertz CT molecular complexity index is 250. The number of rotatable bonds is 3. The molecule has 1 rings (SSSR count). The lowest BCUT2D eigenvalue weighted by Crippen LogP contribution is -2.43. The van der Waals surface area contributed by atoms with E-state index in [0.29, 0.717) is 0 Å². The molecule has 0 radical (unpaired) electrons. The molecule has 15 heavy (non-hydrogen) atoms. The van der Waals surface area contributed by atoms with E-state index >= 15 is 0 Å². The van der Waals surface area contributed by atoms with E-state index in [-0.39, 0.29) is 23.0 Å². The molecule has 1 aliphatic rings. The van der Waals surface area contributed by atoms with E-state index in [2.05, 4.69) is 5.32 Å². The Labute approximate surface area is 95.2 Å². The molecule has 86 valence electrons. The number of amides is 1. The van der Waals surface area contributed by atoms with Crippen molar-refractivity contribution in [3.8, 4) is 0 Å². The molecule has 0 aromatic rings. The molecule has 0 heterocycles. The summed E-state index contributed by atoms with van der Waals surface area (Å²) in [6.45, 7) is 1.70. The molecule has 4 nitrogen and oxygen atoms in total. The lowest BCUT2D eigenvalue weighted by molar-refractivity contribution is -0.123. The normalized spacial score (nSPS) is 28.1. The van der Waals surface area contributed by atoms with Crippen LogP contribution in [0, 0.1) is 5.92 Å². The smallest absolute Gasteiger partial charge is 0.229 e. The van der Waals surface area contributed by atoms with Crippen molar-refractivity contribution in [2.45, 2.75) is 44.8 Å². The standard InChI is InChI=1S/C10H18N2O2S/c1-6(9(11)15)10(14)12-7-2-4-8(13)5-3-7/h6-8,13H,2-5H2,1H3,(H2,11,15)(H,12,14). The Hall–Kier alpha value is -0.680. The zero-order chi connectivity index (χ0) is 11.4. The van der Waals surface area contributed by atoms with Crippen molar-refractivity contribution < 1.29 is 9.90 Å². The van der Waals surface area contributed by atoms with Gasteiger partial charge in [0.1, 0.15) is 0 Å². The molecule has 1 unspecified atom stereocenters. The number of thiocarbonyl (C=S) groups is 1. The maximum Gasteiger partial charge on any atom is 0.229 e. The minimum atomic E-state index is -0.410. The van der Waals surface area contributed by atoms with Crippen molar-refractivity contribution in [1.82, 2.24) is 5.32 Å². The Balaban J connectivity index is 2.35. The first-order chi connectivity index (χ1) is 7.00. The van der Waals surface area contributed by atoms with Crippen LogP contribution in [0.4, 0.5) is 0 Å². The van der Waals surface area contributed by atoms with Crippen molar-refractivity contribution in [3.63, 3.8) is 0 Å². The van der Waals surface area contributed by atoms with Gasteiger partial charge in [-0.2, -0.15) is 0 Å². The quantitative estimate of drug-likeness (QED) is 0.611. The summed E-state index contributed by atoms with van der Waals surface area (Å²) < 4.78 is 0. The van der Waals surface area contributed by atoms with Crippen LogP contribution in [0.2, 0.25) is 0 Å². The second-order valence-corrected chi connectivity index (χ2v) is 4.61. The maximum absolute atomic E-state index is 11.6. The first-order valence-electron chi connectivity index (χ1n) is 5.28. The van der Waals surface area contributed by atoms with Gasteiger partial charge in [0.2, 0.25) is 5.91 Å². The molecular formula is C10H18N2O2S. The predicted octanol–water partition coefficient (Wildman–Crippen LogP) is 0.328. The summed E-state index contributed by atoms with van der Waals surface area (Å²) in [7, 11) is 0. The topological polar surface area (TPSA) is 75.3 Å². The van der Waals surface area contributed by atoms with E-state index in [1.807, 2.05) is 0 Å². The molecule has 1 aliphatic carbocycles. The molecule has 0 aliphatic heterocycles. The van der Waals surface area contributed by atoms with Gasteiger partial charge in [0.05, 0.1) is 17.0 Å². The SMILES string of the molecule is CC(C(=O)NC1CCC(O)CC1)C(N)=S. The molecule has 1 fully saturated rings. The predicted molar refractivity (Wildman–Crippen MR) is 62.4 cm³/mol. The maximum atomic E-state index is 11.6. The summed E-state index contributed by atoms with van der Waals surface area (Å²) in [5, 5.41) is 12.2. The number of aliphatic hydroxyl groups is 1. The highest BCUT2D eigenvalue weighted by atomic mass is 32.1. The number of carbonyl (C=O) groups excluding carboxylic acids is 1. The van der Waals surface area contributed by atoms with E-state index in [1.54, 1.807) is 6.92 Å². The number of nitrogens with two attached hydrogens (primary N) is 1. The van der Waals surface area contributed by atoms with Gasteiger partial charge in [-0.05, 0) is 32.6 Å². The van der Waals surface area contributed by atoms with Gasteiger partial charge in [-0.25, -0.2) is 0 Å². The van der Waals surface area contributed by atoms with Gasteiger partial charge < -0.3 is 16.2 Å². The monoisotopic (exact) mass is 230 g/mol. The summed E-state index contributed by atoms with van der Waals surface area (Å²) in [6.07, 6.45) is 2.97. The van der Waals surface area contributed by atoms with Gasteiger partial charge in [0, 0.05) is 6.04 Å². The second kappa shape index (κ2) is 5.42. The fraction of sp³-hybridized carbons (Fsp3) is 0.800. The summed E-state index contributed by atoms with van der Waals surface area (Å²) >= 11 is 4.76. The van der Waals surface area contributed by atoms with Crippen molar-refractivity contribution >= 4 is 23.1 Å². The first-order valence-corrected chi connectivity index (χ1v) is 5.69. The lowest BCUT2D eigenvalue weighted by Gasteiger charge is -2.27. The van der Waals surface area contributed by atoms with Gasteiger partial charge >= 0.3 is 0 Å². The van der Waals surface area contributed by atoms with E-state index < -0.39 is 5.92 Å². The molecule has 4 N–H and O–H groups in total. The highest BCUT2D eigenvalue weighted by Crippen LogP contribution is 2.18. The van der Waals surface area contributed by atoms with Crippen LogP contribution < -0.4 is 11.1 Å². The van der Waals surface area contributed by atoms with Crippen LogP contribution >= 0.6 is 12.2 Å². The van der Waals surface area contributed by atoms with Crippen molar-refractivity contribution in [3.05, 3.63) is 0 Å². The van der Waals surface area contributed by atoms with Crippen molar-refractivity contribution in [1.29, 1.82) is 0 Å². The van der Waals surface area contributed by atoms with E-state index in [1.165, 1.54) is 0 Å². The number of nitrogens with one attached hydrogen (secondary N) is 1. The van der Waals surface area contributed by atoms with E-state index in [4.69, 9.17) is 18.0 Å². The molecular weight excluding hydrogens is 212 g/mol. The molecule has 0 saturated heterocycles. The largest absolute Gasteiger partial charge is 0.393 e. The fourth-order valence-corrected chi connectivity index (χ4v) is 1.78. The highest BCUT2D eigenvalue weighted by Gasteiger charge is 2.23. The molecule has 0 aromatic heterocycles. The molecule has 0 spiro atoms. The molecule has 1 amide bonds. The van der Waals surface area contributed by atoms with Gasteiger partial charge in [-0.3, -0.25) is 4.79 Å². The third-order valence-electron chi connectivity index (χ3n) is 2.86. The van der Waals surface area contributed by atoms with Crippen LogP contribution in [-0.4, -0.2) is 28.1 Å². The van der Waals surface area contributed by atoms with Gasteiger partial charge in [0.25, 0.3) is 0 Å². The highest BCUT2D eigenvalue weighted by molar-refractivity contribution is 7.80. The molecule has 1 atom stereocenters. The molecule has 0 aromatic carbocycles. The Morgan fingerprint density at radius 2 is 2.00 bits per heavy atom. The minimum absolute atomic E-state index is 0.108.